The largest absolute Gasteiger partial charge is 0.384 e. The first-order chi connectivity index (χ1) is 9.65. The van der Waals surface area contributed by atoms with Crippen LogP contribution in [-0.2, 0) is 4.79 Å². The van der Waals surface area contributed by atoms with Crippen molar-refractivity contribution < 1.29 is 4.79 Å². The number of amides is 1. The predicted octanol–water partition coefficient (Wildman–Crippen LogP) is 4.20. The van der Waals surface area contributed by atoms with Gasteiger partial charge in [0.15, 0.2) is 0 Å². The Bertz CT molecular complexity index is 584. The van der Waals surface area contributed by atoms with E-state index >= 15 is 0 Å². The third kappa shape index (κ3) is 4.38. The molecule has 0 aliphatic heterocycles. The van der Waals surface area contributed by atoms with Crippen molar-refractivity contribution in [2.24, 2.45) is 0 Å². The van der Waals surface area contributed by atoms with Crippen molar-refractivity contribution >= 4 is 33.2 Å². The maximum Gasteiger partial charge on any atom is 0.226 e. The quantitative estimate of drug-likeness (QED) is 0.861. The van der Waals surface area contributed by atoms with Crippen LogP contribution in [0.5, 0.6) is 0 Å². The number of para-hydroxylation sites is 1. The Balaban J connectivity index is 1.79. The van der Waals surface area contributed by atoms with Crippen molar-refractivity contribution in [1.82, 2.24) is 0 Å². The lowest BCUT2D eigenvalue weighted by atomic mass is 10.2. The van der Waals surface area contributed by atoms with Gasteiger partial charge in [-0.05, 0) is 52.7 Å². The highest BCUT2D eigenvalue weighted by Crippen LogP contribution is 2.23. The molecule has 2 N–H and O–H groups in total. The standard InChI is InChI=1S/C16H17BrN2O/c1-12-7-8-15(14(17)11-12)18-10-9-16(20)19-13-5-3-2-4-6-13/h2-8,11,18H,9-10H2,1H3,(H,19,20). The Morgan fingerprint density at radius 3 is 2.60 bits per heavy atom. The van der Waals surface area contributed by atoms with Crippen LogP contribution in [0.3, 0.4) is 0 Å². The number of carbonyl (C=O) groups is 1. The first kappa shape index (κ1) is 14.6. The van der Waals surface area contributed by atoms with Gasteiger partial charge in [0.25, 0.3) is 0 Å². The Morgan fingerprint density at radius 1 is 1.15 bits per heavy atom. The van der Waals surface area contributed by atoms with Crippen molar-refractivity contribution in [1.29, 1.82) is 0 Å². The highest BCUT2D eigenvalue weighted by atomic mass is 79.9. The molecule has 0 aliphatic rings. The number of nitrogens with one attached hydrogen (secondary N) is 2. The zero-order valence-corrected chi connectivity index (χ0v) is 12.9. The number of hydrogen-bond donors (Lipinski definition) is 2. The molecule has 0 aromatic heterocycles. The molecule has 3 nitrogen and oxygen atoms in total. The van der Waals surface area contributed by atoms with Gasteiger partial charge in [0, 0.05) is 28.8 Å². The second-order valence-corrected chi connectivity index (χ2v) is 5.43. The molecule has 0 spiro atoms. The maximum absolute atomic E-state index is 11.8. The second-order valence-electron chi connectivity index (χ2n) is 4.57. The van der Waals surface area contributed by atoms with E-state index in [2.05, 4.69) is 26.6 Å². The average molecular weight is 333 g/mol. The molecule has 0 saturated carbocycles. The molecule has 0 unspecified atom stereocenters. The summed E-state index contributed by atoms with van der Waals surface area (Å²) in [6.45, 7) is 2.64. The van der Waals surface area contributed by atoms with Crippen molar-refractivity contribution in [3.05, 3.63) is 58.6 Å². The van der Waals surface area contributed by atoms with Crippen molar-refractivity contribution in [2.75, 3.05) is 17.2 Å². The van der Waals surface area contributed by atoms with E-state index < -0.39 is 0 Å². The molecule has 20 heavy (non-hydrogen) atoms. The van der Waals surface area contributed by atoms with Crippen LogP contribution in [0.2, 0.25) is 0 Å². The van der Waals surface area contributed by atoms with Crippen molar-refractivity contribution in [2.45, 2.75) is 13.3 Å². The number of anilines is 2. The first-order valence-corrected chi connectivity index (χ1v) is 7.29. The molecule has 2 aromatic carbocycles. The van der Waals surface area contributed by atoms with E-state index in [1.165, 1.54) is 5.56 Å². The van der Waals surface area contributed by atoms with E-state index in [-0.39, 0.29) is 5.91 Å². The van der Waals surface area contributed by atoms with Gasteiger partial charge in [-0.3, -0.25) is 4.79 Å². The highest BCUT2D eigenvalue weighted by molar-refractivity contribution is 9.10. The lowest BCUT2D eigenvalue weighted by Crippen LogP contribution is -2.16. The number of halogens is 1. The molecule has 0 saturated heterocycles. The molecule has 1 amide bonds. The zero-order chi connectivity index (χ0) is 14.4. The number of benzene rings is 2. The van der Waals surface area contributed by atoms with Crippen LogP contribution >= 0.6 is 15.9 Å². The van der Waals surface area contributed by atoms with Crippen LogP contribution in [-0.4, -0.2) is 12.5 Å². The Labute approximate surface area is 127 Å². The molecule has 0 radical (unpaired) electrons. The molecular formula is C16H17BrN2O. The van der Waals surface area contributed by atoms with Crippen LogP contribution in [0.4, 0.5) is 11.4 Å². The van der Waals surface area contributed by atoms with Gasteiger partial charge in [0.05, 0.1) is 0 Å². The summed E-state index contributed by atoms with van der Waals surface area (Å²) in [5.74, 6) is 0.00642. The lowest BCUT2D eigenvalue weighted by molar-refractivity contribution is -0.115. The molecule has 0 heterocycles. The van der Waals surface area contributed by atoms with Gasteiger partial charge in [0.2, 0.25) is 5.91 Å². The Morgan fingerprint density at radius 2 is 1.90 bits per heavy atom. The number of aryl methyl sites for hydroxylation is 1. The number of hydrogen-bond acceptors (Lipinski definition) is 2. The van der Waals surface area contributed by atoms with E-state index in [1.807, 2.05) is 55.5 Å². The predicted molar refractivity (Wildman–Crippen MR) is 87.1 cm³/mol. The lowest BCUT2D eigenvalue weighted by Gasteiger charge is -2.09. The average Bonchev–Trinajstić information content (AvgIpc) is 2.42. The summed E-state index contributed by atoms with van der Waals surface area (Å²) >= 11 is 3.51. The second kappa shape index (κ2) is 7.10. The third-order valence-electron chi connectivity index (χ3n) is 2.85. The summed E-state index contributed by atoms with van der Waals surface area (Å²) in [6.07, 6.45) is 0.426. The van der Waals surface area contributed by atoms with Gasteiger partial charge in [0.1, 0.15) is 0 Å². The van der Waals surface area contributed by atoms with Crippen LogP contribution in [0.25, 0.3) is 0 Å². The minimum absolute atomic E-state index is 0.00642. The molecule has 0 bridgehead atoms. The number of rotatable bonds is 5. The van der Waals surface area contributed by atoms with Gasteiger partial charge < -0.3 is 10.6 Å². The monoisotopic (exact) mass is 332 g/mol. The minimum Gasteiger partial charge on any atom is -0.384 e. The smallest absolute Gasteiger partial charge is 0.226 e. The van der Waals surface area contributed by atoms with Crippen LogP contribution < -0.4 is 10.6 Å². The van der Waals surface area contributed by atoms with Crippen LogP contribution in [0, 0.1) is 6.92 Å². The van der Waals surface area contributed by atoms with Gasteiger partial charge in [-0.15, -0.1) is 0 Å². The highest BCUT2D eigenvalue weighted by Gasteiger charge is 2.03. The van der Waals surface area contributed by atoms with Gasteiger partial charge in [-0.1, -0.05) is 24.3 Å². The van der Waals surface area contributed by atoms with E-state index in [9.17, 15) is 4.79 Å². The SMILES string of the molecule is Cc1ccc(NCCC(=O)Nc2ccccc2)c(Br)c1. The molecule has 0 aliphatic carbocycles. The molecule has 0 atom stereocenters. The molecule has 2 aromatic rings. The fraction of sp³-hybridized carbons (Fsp3) is 0.188. The van der Waals surface area contributed by atoms with Crippen LogP contribution in [0.15, 0.2) is 53.0 Å². The van der Waals surface area contributed by atoms with Gasteiger partial charge in [-0.25, -0.2) is 0 Å². The first-order valence-electron chi connectivity index (χ1n) is 6.50. The van der Waals surface area contributed by atoms with Gasteiger partial charge >= 0.3 is 0 Å². The van der Waals surface area contributed by atoms with Gasteiger partial charge in [-0.2, -0.15) is 0 Å². The fourth-order valence-corrected chi connectivity index (χ4v) is 2.45. The minimum atomic E-state index is 0.00642. The summed E-state index contributed by atoms with van der Waals surface area (Å²) in [5, 5.41) is 6.11. The van der Waals surface area contributed by atoms with E-state index in [0.717, 1.165) is 15.8 Å². The van der Waals surface area contributed by atoms with Crippen LogP contribution in [0.1, 0.15) is 12.0 Å². The van der Waals surface area contributed by atoms with Crippen molar-refractivity contribution in [3.63, 3.8) is 0 Å². The maximum atomic E-state index is 11.8. The van der Waals surface area contributed by atoms with E-state index in [1.54, 1.807) is 0 Å². The molecule has 0 fully saturated rings. The molecule has 104 valence electrons. The summed E-state index contributed by atoms with van der Waals surface area (Å²) in [4.78, 5) is 11.8. The van der Waals surface area contributed by atoms with Crippen molar-refractivity contribution in [3.8, 4) is 0 Å². The molecule has 4 heteroatoms. The summed E-state index contributed by atoms with van der Waals surface area (Å²) in [5.41, 5.74) is 3.03. The topological polar surface area (TPSA) is 41.1 Å². The molecule has 2 rings (SSSR count). The summed E-state index contributed by atoms with van der Waals surface area (Å²) < 4.78 is 1.01. The third-order valence-corrected chi connectivity index (χ3v) is 3.51. The number of carbonyl (C=O) groups excluding carboxylic acids is 1. The zero-order valence-electron chi connectivity index (χ0n) is 11.3. The summed E-state index contributed by atoms with van der Waals surface area (Å²) in [6, 6.07) is 15.6. The Hall–Kier alpha value is -1.81. The van der Waals surface area contributed by atoms with E-state index in [0.29, 0.717) is 13.0 Å². The fourth-order valence-electron chi connectivity index (χ4n) is 1.82. The molecular weight excluding hydrogens is 316 g/mol. The van der Waals surface area contributed by atoms with E-state index in [4.69, 9.17) is 0 Å². The normalized spacial score (nSPS) is 10.1. The summed E-state index contributed by atoms with van der Waals surface area (Å²) in [7, 11) is 0. The Kier molecular flexibility index (Phi) is 5.18.